The summed E-state index contributed by atoms with van der Waals surface area (Å²) in [5, 5.41) is 2.80. The van der Waals surface area contributed by atoms with Gasteiger partial charge < -0.3 is 10.5 Å². The van der Waals surface area contributed by atoms with Gasteiger partial charge in [0.2, 0.25) is 0 Å². The van der Waals surface area contributed by atoms with Crippen LogP contribution >= 0.6 is 11.3 Å². The van der Waals surface area contributed by atoms with Crippen molar-refractivity contribution in [2.45, 2.75) is 13.2 Å². The SMILES string of the molecule is NCc1nc(COc2ccc(F)cc2)cs1. The van der Waals surface area contributed by atoms with Crippen molar-refractivity contribution >= 4 is 11.3 Å². The Kier molecular flexibility index (Phi) is 3.48. The van der Waals surface area contributed by atoms with Crippen molar-refractivity contribution in [1.82, 2.24) is 4.98 Å². The van der Waals surface area contributed by atoms with Crippen molar-refractivity contribution in [3.05, 3.63) is 46.2 Å². The predicted molar refractivity (Wildman–Crippen MR) is 60.7 cm³/mol. The van der Waals surface area contributed by atoms with Crippen molar-refractivity contribution in [3.8, 4) is 5.75 Å². The zero-order valence-electron chi connectivity index (χ0n) is 8.52. The standard InChI is InChI=1S/C11H11FN2OS/c12-8-1-3-10(4-2-8)15-6-9-7-16-11(5-13)14-9/h1-4,7H,5-6,13H2. The molecule has 2 aromatic rings. The van der Waals surface area contributed by atoms with Crippen LogP contribution in [0.25, 0.3) is 0 Å². The van der Waals surface area contributed by atoms with Gasteiger partial charge in [0, 0.05) is 11.9 Å². The molecule has 2 rings (SSSR count). The van der Waals surface area contributed by atoms with Gasteiger partial charge in [-0.15, -0.1) is 11.3 Å². The van der Waals surface area contributed by atoms with Gasteiger partial charge in [-0.1, -0.05) is 0 Å². The lowest BCUT2D eigenvalue weighted by Crippen LogP contribution is -1.98. The summed E-state index contributed by atoms with van der Waals surface area (Å²) < 4.78 is 18.1. The van der Waals surface area contributed by atoms with E-state index in [0.29, 0.717) is 18.9 Å². The van der Waals surface area contributed by atoms with Gasteiger partial charge in [0.25, 0.3) is 0 Å². The Hall–Kier alpha value is -1.46. The molecule has 0 aliphatic rings. The van der Waals surface area contributed by atoms with Crippen LogP contribution in [-0.2, 0) is 13.2 Å². The number of thiazole rings is 1. The van der Waals surface area contributed by atoms with Crippen molar-refractivity contribution in [3.63, 3.8) is 0 Å². The molecular formula is C11H11FN2OS. The highest BCUT2D eigenvalue weighted by molar-refractivity contribution is 7.09. The normalized spacial score (nSPS) is 10.4. The Morgan fingerprint density at radius 3 is 2.69 bits per heavy atom. The monoisotopic (exact) mass is 238 g/mol. The summed E-state index contributed by atoms with van der Waals surface area (Å²) in [7, 11) is 0. The van der Waals surface area contributed by atoms with Crippen LogP contribution in [0.15, 0.2) is 29.6 Å². The van der Waals surface area contributed by atoms with Crippen LogP contribution in [0.2, 0.25) is 0 Å². The first-order valence-electron chi connectivity index (χ1n) is 4.79. The molecule has 3 nitrogen and oxygen atoms in total. The van der Waals surface area contributed by atoms with Crippen molar-refractivity contribution in [2.24, 2.45) is 5.73 Å². The van der Waals surface area contributed by atoms with Gasteiger partial charge in [-0.25, -0.2) is 9.37 Å². The molecule has 0 aliphatic carbocycles. The minimum absolute atomic E-state index is 0.272. The number of nitrogens with two attached hydrogens (primary N) is 1. The molecule has 84 valence electrons. The number of benzene rings is 1. The highest BCUT2D eigenvalue weighted by atomic mass is 32.1. The molecule has 0 spiro atoms. The molecule has 1 aromatic heterocycles. The lowest BCUT2D eigenvalue weighted by atomic mass is 10.3. The average molecular weight is 238 g/mol. The van der Waals surface area contributed by atoms with Gasteiger partial charge >= 0.3 is 0 Å². The van der Waals surface area contributed by atoms with Crippen LogP contribution in [0.1, 0.15) is 10.7 Å². The van der Waals surface area contributed by atoms with E-state index in [2.05, 4.69) is 4.98 Å². The Morgan fingerprint density at radius 1 is 1.31 bits per heavy atom. The molecule has 0 atom stereocenters. The summed E-state index contributed by atoms with van der Waals surface area (Å²) in [6, 6.07) is 5.90. The van der Waals surface area contributed by atoms with Gasteiger partial charge in [-0.3, -0.25) is 0 Å². The minimum atomic E-state index is -0.272. The zero-order valence-corrected chi connectivity index (χ0v) is 9.34. The van der Waals surface area contributed by atoms with E-state index in [1.165, 1.54) is 23.5 Å². The Bertz CT molecular complexity index is 455. The van der Waals surface area contributed by atoms with Gasteiger partial charge in [0.05, 0.1) is 5.69 Å². The molecule has 0 saturated heterocycles. The largest absolute Gasteiger partial charge is 0.487 e. The summed E-state index contributed by atoms with van der Waals surface area (Å²) >= 11 is 1.51. The Morgan fingerprint density at radius 2 is 2.06 bits per heavy atom. The number of hydrogen-bond donors (Lipinski definition) is 1. The maximum absolute atomic E-state index is 12.6. The Balaban J connectivity index is 1.94. The molecular weight excluding hydrogens is 227 g/mol. The van der Waals surface area contributed by atoms with Crippen LogP contribution in [0, 0.1) is 5.82 Å². The van der Waals surface area contributed by atoms with Gasteiger partial charge in [-0.05, 0) is 24.3 Å². The van der Waals surface area contributed by atoms with Crippen LogP contribution in [0.3, 0.4) is 0 Å². The van der Waals surface area contributed by atoms with E-state index in [-0.39, 0.29) is 5.82 Å². The number of hydrogen-bond acceptors (Lipinski definition) is 4. The molecule has 0 saturated carbocycles. The first-order valence-corrected chi connectivity index (χ1v) is 5.67. The molecule has 0 radical (unpaired) electrons. The third kappa shape index (κ3) is 2.77. The van der Waals surface area contributed by atoms with Crippen LogP contribution in [0.5, 0.6) is 5.75 Å². The number of ether oxygens (including phenoxy) is 1. The van der Waals surface area contributed by atoms with Gasteiger partial charge in [-0.2, -0.15) is 0 Å². The summed E-state index contributed by atoms with van der Waals surface area (Å²) in [5.41, 5.74) is 6.29. The number of halogens is 1. The van der Waals surface area contributed by atoms with Gasteiger partial charge in [0.1, 0.15) is 23.2 Å². The summed E-state index contributed by atoms with van der Waals surface area (Å²) in [4.78, 5) is 4.26. The molecule has 5 heteroatoms. The summed E-state index contributed by atoms with van der Waals surface area (Å²) in [6.07, 6.45) is 0. The fourth-order valence-corrected chi connectivity index (χ4v) is 1.86. The average Bonchev–Trinajstić information content (AvgIpc) is 2.76. The maximum Gasteiger partial charge on any atom is 0.131 e. The van der Waals surface area contributed by atoms with Gasteiger partial charge in [0.15, 0.2) is 0 Å². The van der Waals surface area contributed by atoms with Crippen molar-refractivity contribution in [1.29, 1.82) is 0 Å². The van der Waals surface area contributed by atoms with Crippen LogP contribution in [0.4, 0.5) is 4.39 Å². The van der Waals surface area contributed by atoms with E-state index in [1.807, 2.05) is 5.38 Å². The third-order valence-electron chi connectivity index (χ3n) is 1.97. The minimum Gasteiger partial charge on any atom is -0.487 e. The predicted octanol–water partition coefficient (Wildman–Crippen LogP) is 2.32. The zero-order chi connectivity index (χ0) is 11.4. The van der Waals surface area contributed by atoms with E-state index in [9.17, 15) is 4.39 Å². The first-order chi connectivity index (χ1) is 7.78. The molecule has 0 unspecified atom stereocenters. The molecule has 1 aromatic carbocycles. The number of nitrogens with zero attached hydrogens (tertiary/aromatic N) is 1. The molecule has 1 heterocycles. The Labute approximate surface area is 96.7 Å². The lowest BCUT2D eigenvalue weighted by molar-refractivity contribution is 0.301. The van der Waals surface area contributed by atoms with E-state index in [1.54, 1.807) is 12.1 Å². The fraction of sp³-hybridized carbons (Fsp3) is 0.182. The number of aromatic nitrogens is 1. The highest BCUT2D eigenvalue weighted by Crippen LogP contribution is 2.14. The summed E-state index contributed by atoms with van der Waals surface area (Å²) in [6.45, 7) is 0.823. The second-order valence-corrected chi connectivity index (χ2v) is 4.12. The smallest absolute Gasteiger partial charge is 0.131 e. The van der Waals surface area contributed by atoms with E-state index >= 15 is 0 Å². The van der Waals surface area contributed by atoms with Crippen molar-refractivity contribution in [2.75, 3.05) is 0 Å². The topological polar surface area (TPSA) is 48.1 Å². The molecule has 0 fully saturated rings. The first kappa shape index (κ1) is 11.0. The fourth-order valence-electron chi connectivity index (χ4n) is 1.20. The lowest BCUT2D eigenvalue weighted by Gasteiger charge is -2.03. The van der Waals surface area contributed by atoms with E-state index < -0.39 is 0 Å². The van der Waals surface area contributed by atoms with E-state index in [4.69, 9.17) is 10.5 Å². The molecule has 0 amide bonds. The highest BCUT2D eigenvalue weighted by Gasteiger charge is 2.01. The molecule has 0 aliphatic heterocycles. The summed E-state index contributed by atoms with van der Waals surface area (Å²) in [5.74, 6) is 0.357. The quantitative estimate of drug-likeness (QED) is 0.889. The second kappa shape index (κ2) is 5.05. The molecule has 0 bridgehead atoms. The van der Waals surface area contributed by atoms with E-state index in [0.717, 1.165) is 10.7 Å². The van der Waals surface area contributed by atoms with Crippen LogP contribution < -0.4 is 10.5 Å². The number of rotatable bonds is 4. The maximum atomic E-state index is 12.6. The second-order valence-electron chi connectivity index (χ2n) is 3.18. The molecule has 16 heavy (non-hydrogen) atoms. The van der Waals surface area contributed by atoms with Crippen LogP contribution in [-0.4, -0.2) is 4.98 Å². The van der Waals surface area contributed by atoms with Crippen molar-refractivity contribution < 1.29 is 9.13 Å². The third-order valence-corrected chi connectivity index (χ3v) is 2.89. The molecule has 2 N–H and O–H groups in total.